The van der Waals surface area contributed by atoms with Gasteiger partial charge in [-0.25, -0.2) is 4.79 Å². The van der Waals surface area contributed by atoms with Gasteiger partial charge in [-0.3, -0.25) is 23.7 Å². The van der Waals surface area contributed by atoms with Crippen molar-refractivity contribution >= 4 is 55.1 Å². The topological polar surface area (TPSA) is 223 Å². The van der Waals surface area contributed by atoms with Crippen LogP contribution in [0.2, 0.25) is 0 Å². The van der Waals surface area contributed by atoms with E-state index >= 15 is 0 Å². The predicted molar refractivity (Wildman–Crippen MR) is 209 cm³/mol. The van der Waals surface area contributed by atoms with Crippen LogP contribution in [-0.2, 0) is 40.0 Å². The van der Waals surface area contributed by atoms with Crippen molar-refractivity contribution < 1.29 is 50.0 Å². The van der Waals surface area contributed by atoms with Gasteiger partial charge in [-0.1, -0.05) is 18.2 Å². The number of amides is 2. The lowest BCUT2D eigenvalue weighted by Crippen LogP contribution is -2.40. The third kappa shape index (κ3) is 11.4. The van der Waals surface area contributed by atoms with Crippen LogP contribution < -0.4 is 10.6 Å². The highest BCUT2D eigenvalue weighted by Crippen LogP contribution is 2.43. The first-order chi connectivity index (χ1) is 25.7. The van der Waals surface area contributed by atoms with E-state index in [1.54, 1.807) is 11.1 Å². The number of carbonyl (C=O) groups excluding carboxylic acids is 2. The van der Waals surface area contributed by atoms with Crippen LogP contribution in [0.3, 0.4) is 0 Å². The van der Waals surface area contributed by atoms with Crippen molar-refractivity contribution in [2.75, 3.05) is 25.4 Å². The monoisotopic (exact) mass is 804 g/mol. The third-order valence-corrected chi connectivity index (χ3v) is 12.2. The standard InChI is InChI=1S/C38H53N5O10S2/c1-27-38(4,21-13-25-54(48,49)50)33-16-8-5-7-15-32-37(2,3)29-26-28(55(51,52)53)18-19-31(29)42(32)23-12-6-9-17-35(45)40-30(36(46)47)14-10-11-22-39-34(44)20-24-43(33)41-27/h5,7-8,15-16,18-19,26,30H,6,9-14,17,20-25H2,1-4H3,(H4-,39,40,44,45,46,47,48,49,50,51,52,53)/p+1. The van der Waals surface area contributed by atoms with Crippen molar-refractivity contribution in [1.29, 1.82) is 0 Å². The van der Waals surface area contributed by atoms with Crippen molar-refractivity contribution in [3.8, 4) is 0 Å². The van der Waals surface area contributed by atoms with Crippen LogP contribution in [0.25, 0.3) is 0 Å². The minimum absolute atomic E-state index is 0.107. The maximum absolute atomic E-state index is 12.8. The minimum Gasteiger partial charge on any atom is -0.480 e. The molecule has 2 atom stereocenters. The van der Waals surface area contributed by atoms with Gasteiger partial charge in [0, 0.05) is 66.9 Å². The Kier molecular flexibility index (Phi) is 14.4. The number of hydrazone groups is 1. The average Bonchev–Trinajstić information content (AvgIpc) is 3.45. The summed E-state index contributed by atoms with van der Waals surface area (Å²) in [6.07, 6.45) is 13.3. The van der Waals surface area contributed by atoms with Gasteiger partial charge in [-0.2, -0.15) is 26.5 Å². The lowest BCUT2D eigenvalue weighted by Gasteiger charge is -2.29. The molecule has 0 fully saturated rings. The number of allylic oxidation sites excluding steroid dienone is 6. The van der Waals surface area contributed by atoms with Gasteiger partial charge in [-0.15, -0.1) is 0 Å². The first-order valence-electron chi connectivity index (χ1n) is 18.6. The molecule has 0 saturated heterocycles. The molecule has 2 amide bonds. The number of hydrogen-bond acceptors (Lipinski definition) is 9. The highest BCUT2D eigenvalue weighted by Gasteiger charge is 2.45. The van der Waals surface area contributed by atoms with E-state index in [9.17, 15) is 45.4 Å². The molecule has 2 unspecified atom stereocenters. The number of carboxylic acid groups (broad SMARTS) is 1. The second-order valence-corrected chi connectivity index (χ2v) is 18.0. The Morgan fingerprint density at radius 3 is 2.42 bits per heavy atom. The molecule has 302 valence electrons. The molecule has 17 heteroatoms. The lowest BCUT2D eigenvalue weighted by molar-refractivity contribution is -0.438. The largest absolute Gasteiger partial charge is 0.480 e. The molecule has 0 saturated carbocycles. The summed E-state index contributed by atoms with van der Waals surface area (Å²) in [7, 11) is -8.61. The summed E-state index contributed by atoms with van der Waals surface area (Å²) in [4.78, 5) is 37.2. The van der Waals surface area contributed by atoms with Crippen LogP contribution in [0.5, 0.6) is 0 Å². The fraction of sp³-hybridized carbons (Fsp3) is 0.553. The van der Waals surface area contributed by atoms with Crippen LogP contribution >= 0.6 is 0 Å². The Morgan fingerprint density at radius 2 is 1.73 bits per heavy atom. The number of nitrogens with one attached hydrogen (secondary N) is 2. The molecule has 1 aromatic carbocycles. The number of benzene rings is 1. The van der Waals surface area contributed by atoms with E-state index in [2.05, 4.69) is 15.2 Å². The molecule has 0 aromatic heterocycles. The van der Waals surface area contributed by atoms with E-state index in [-0.39, 0.29) is 48.9 Å². The van der Waals surface area contributed by atoms with Gasteiger partial charge in [0.25, 0.3) is 20.2 Å². The number of rotatable bonds is 6. The molecule has 3 aliphatic rings. The molecular weight excluding hydrogens is 751 g/mol. The van der Waals surface area contributed by atoms with Gasteiger partial charge >= 0.3 is 5.97 Å². The molecule has 3 aliphatic heterocycles. The zero-order valence-electron chi connectivity index (χ0n) is 32.0. The molecule has 55 heavy (non-hydrogen) atoms. The van der Waals surface area contributed by atoms with Gasteiger partial charge in [0.15, 0.2) is 5.71 Å². The summed E-state index contributed by atoms with van der Waals surface area (Å²) in [5.74, 6) is -2.09. The summed E-state index contributed by atoms with van der Waals surface area (Å²) < 4.78 is 68.4. The Hall–Kier alpha value is -4.19. The van der Waals surface area contributed by atoms with Crippen molar-refractivity contribution in [3.05, 3.63) is 59.8 Å². The number of aliphatic carboxylic acids is 1. The fourth-order valence-corrected chi connectivity index (χ4v) is 8.36. The van der Waals surface area contributed by atoms with Crippen molar-refractivity contribution in [1.82, 2.24) is 15.6 Å². The zero-order chi connectivity index (χ0) is 40.6. The third-order valence-electron chi connectivity index (χ3n) is 10.6. The smallest absolute Gasteiger partial charge is 0.326 e. The quantitative estimate of drug-likeness (QED) is 0.199. The number of carboxylic acids is 1. The molecule has 0 aliphatic carbocycles. The number of fused-ring (bicyclic) bond motifs is 3. The van der Waals surface area contributed by atoms with Crippen molar-refractivity contribution in [2.45, 2.75) is 108 Å². The van der Waals surface area contributed by atoms with Gasteiger partial charge in [0.05, 0.1) is 16.1 Å². The summed E-state index contributed by atoms with van der Waals surface area (Å²) in [5.41, 5.74) is 2.54. The maximum atomic E-state index is 12.8. The number of hydrogen-bond donors (Lipinski definition) is 5. The minimum atomic E-state index is -4.45. The summed E-state index contributed by atoms with van der Waals surface area (Å²) >= 11 is 0. The maximum Gasteiger partial charge on any atom is 0.326 e. The number of carbonyl (C=O) groups is 3. The highest BCUT2D eigenvalue weighted by molar-refractivity contribution is 7.86. The predicted octanol–water partition coefficient (Wildman–Crippen LogP) is 4.49. The van der Waals surface area contributed by atoms with E-state index in [0.29, 0.717) is 51.6 Å². The van der Waals surface area contributed by atoms with Gasteiger partial charge in [0.2, 0.25) is 17.5 Å². The Labute approximate surface area is 323 Å². The van der Waals surface area contributed by atoms with E-state index < -0.39 is 48.8 Å². The van der Waals surface area contributed by atoms with Gasteiger partial charge in [0.1, 0.15) is 12.6 Å². The summed E-state index contributed by atoms with van der Waals surface area (Å²) in [6, 6.07) is 3.49. The van der Waals surface area contributed by atoms with E-state index in [4.69, 9.17) is 5.10 Å². The summed E-state index contributed by atoms with van der Waals surface area (Å²) in [5, 5.41) is 21.6. The lowest BCUT2D eigenvalue weighted by atomic mass is 9.78. The second kappa shape index (κ2) is 18.2. The molecule has 0 spiro atoms. The average molecular weight is 805 g/mol. The molecule has 5 N–H and O–H groups in total. The first-order valence-corrected chi connectivity index (χ1v) is 21.7. The molecule has 0 bridgehead atoms. The van der Waals surface area contributed by atoms with Crippen LogP contribution in [0.15, 0.2) is 64.3 Å². The first kappa shape index (κ1) is 43.5. The zero-order valence-corrected chi connectivity index (χ0v) is 33.6. The van der Waals surface area contributed by atoms with Crippen LogP contribution in [0.4, 0.5) is 5.69 Å². The van der Waals surface area contributed by atoms with Crippen molar-refractivity contribution in [2.24, 2.45) is 10.5 Å². The van der Waals surface area contributed by atoms with Gasteiger partial charge < -0.3 is 15.7 Å². The van der Waals surface area contributed by atoms with Crippen LogP contribution in [0, 0.1) is 5.41 Å². The summed E-state index contributed by atoms with van der Waals surface area (Å²) in [6.45, 7) is 8.86. The molecule has 15 nitrogen and oxygen atoms in total. The molecule has 0 radical (unpaired) electrons. The molecule has 4 rings (SSSR count). The Balaban J connectivity index is 1.68. The fourth-order valence-electron chi connectivity index (χ4n) is 7.34. The Bertz CT molecular complexity index is 2020. The van der Waals surface area contributed by atoms with Crippen LogP contribution in [-0.4, -0.2) is 101 Å². The molecular formula is C38H54N5O10S2+. The van der Waals surface area contributed by atoms with Crippen molar-refractivity contribution in [3.63, 3.8) is 0 Å². The molecule has 3 heterocycles. The highest BCUT2D eigenvalue weighted by atomic mass is 32.2. The second-order valence-electron chi connectivity index (χ2n) is 15.0. The van der Waals surface area contributed by atoms with E-state index in [1.807, 2.05) is 58.1 Å². The normalized spacial score (nSPS) is 25.8. The van der Waals surface area contributed by atoms with E-state index in [1.165, 1.54) is 12.1 Å². The Morgan fingerprint density at radius 1 is 0.982 bits per heavy atom. The molecule has 1 aromatic rings. The SMILES string of the molecule is CC1=NN2CCC(=O)NCCCCC(C(=O)O)NC(=O)CCCCC[N+]3=C(/C=C/C=C/C=C\2C1(C)CCCS(=O)(=O)O)C(C)(C)c1cc(S(=O)(=O)O)ccc13. The van der Waals surface area contributed by atoms with Gasteiger partial charge in [-0.05, 0) is 90.8 Å². The van der Waals surface area contributed by atoms with E-state index in [0.717, 1.165) is 28.4 Å². The number of nitrogens with zero attached hydrogens (tertiary/aromatic N) is 3. The van der Waals surface area contributed by atoms with Crippen LogP contribution in [0.1, 0.15) is 97.5 Å².